The summed E-state index contributed by atoms with van der Waals surface area (Å²) < 4.78 is 34.8. The first-order valence-corrected chi connectivity index (χ1v) is 8.95. The molecule has 1 rings (SSSR count). The number of rotatable bonds is 9. The minimum atomic E-state index is -3.09. The maximum Gasteiger partial charge on any atom is 0.152 e. The van der Waals surface area contributed by atoms with E-state index < -0.39 is 9.84 Å². The lowest BCUT2D eigenvalue weighted by molar-refractivity contribution is 0.386. The van der Waals surface area contributed by atoms with Crippen molar-refractivity contribution < 1.29 is 17.9 Å². The standard InChI is InChI=1S/C15H25NO4S/c1-5-9-21(17,18)11-14(16-6-2)13-8-7-12(19-3)10-15(13)20-4/h7-8,10,14,16H,5-6,9,11H2,1-4H3. The molecule has 0 aliphatic carbocycles. The van der Waals surface area contributed by atoms with Crippen LogP contribution in [0.15, 0.2) is 18.2 Å². The van der Waals surface area contributed by atoms with E-state index in [1.165, 1.54) is 0 Å². The van der Waals surface area contributed by atoms with E-state index in [9.17, 15) is 8.42 Å². The van der Waals surface area contributed by atoms with Crippen molar-refractivity contribution in [3.05, 3.63) is 23.8 Å². The number of benzene rings is 1. The van der Waals surface area contributed by atoms with E-state index in [0.29, 0.717) is 24.5 Å². The molecule has 120 valence electrons. The van der Waals surface area contributed by atoms with Crippen molar-refractivity contribution in [2.45, 2.75) is 26.3 Å². The van der Waals surface area contributed by atoms with Gasteiger partial charge in [-0.25, -0.2) is 8.42 Å². The summed E-state index contributed by atoms with van der Waals surface area (Å²) in [5, 5.41) is 3.23. The van der Waals surface area contributed by atoms with E-state index in [4.69, 9.17) is 9.47 Å². The third-order valence-corrected chi connectivity index (χ3v) is 5.07. The van der Waals surface area contributed by atoms with Crippen LogP contribution in [-0.2, 0) is 9.84 Å². The zero-order valence-electron chi connectivity index (χ0n) is 13.2. The molecule has 0 aromatic heterocycles. The fraction of sp³-hybridized carbons (Fsp3) is 0.600. The second-order valence-corrected chi connectivity index (χ2v) is 7.06. The van der Waals surface area contributed by atoms with Gasteiger partial charge in [0, 0.05) is 23.4 Å². The molecule has 1 atom stereocenters. The molecule has 1 unspecified atom stereocenters. The van der Waals surface area contributed by atoms with E-state index >= 15 is 0 Å². The second kappa shape index (κ2) is 8.24. The summed E-state index contributed by atoms with van der Waals surface area (Å²) in [5.41, 5.74) is 0.833. The highest BCUT2D eigenvalue weighted by Gasteiger charge is 2.22. The third kappa shape index (κ3) is 5.21. The van der Waals surface area contributed by atoms with Gasteiger partial charge in [-0.3, -0.25) is 0 Å². The number of nitrogens with one attached hydrogen (secondary N) is 1. The van der Waals surface area contributed by atoms with Crippen molar-refractivity contribution in [2.24, 2.45) is 0 Å². The van der Waals surface area contributed by atoms with Crippen LogP contribution in [0.5, 0.6) is 11.5 Å². The minimum absolute atomic E-state index is 0.0668. The molecule has 1 N–H and O–H groups in total. The lowest BCUT2D eigenvalue weighted by Crippen LogP contribution is -2.29. The number of hydrogen-bond donors (Lipinski definition) is 1. The van der Waals surface area contributed by atoms with Gasteiger partial charge < -0.3 is 14.8 Å². The van der Waals surface area contributed by atoms with Gasteiger partial charge in [0.1, 0.15) is 11.5 Å². The highest BCUT2D eigenvalue weighted by molar-refractivity contribution is 7.91. The van der Waals surface area contributed by atoms with Gasteiger partial charge in [-0.05, 0) is 19.0 Å². The largest absolute Gasteiger partial charge is 0.497 e. The predicted octanol–water partition coefficient (Wildman–Crippen LogP) is 2.18. The average molecular weight is 315 g/mol. The summed E-state index contributed by atoms with van der Waals surface area (Å²) in [7, 11) is 0.0653. The van der Waals surface area contributed by atoms with Gasteiger partial charge in [0.15, 0.2) is 9.84 Å². The maximum absolute atomic E-state index is 12.1. The first kappa shape index (κ1) is 17.8. The van der Waals surface area contributed by atoms with Crippen molar-refractivity contribution in [1.29, 1.82) is 0 Å². The normalized spacial score (nSPS) is 13.0. The van der Waals surface area contributed by atoms with Crippen LogP contribution in [0.4, 0.5) is 0 Å². The molecule has 0 fully saturated rings. The smallest absolute Gasteiger partial charge is 0.152 e. The van der Waals surface area contributed by atoms with Crippen molar-refractivity contribution >= 4 is 9.84 Å². The molecular weight excluding hydrogens is 290 g/mol. The summed E-state index contributed by atoms with van der Waals surface area (Å²) in [6, 6.07) is 5.15. The molecule has 1 aromatic carbocycles. The number of methoxy groups -OCH3 is 2. The zero-order valence-corrected chi connectivity index (χ0v) is 14.0. The topological polar surface area (TPSA) is 64.6 Å². The Hall–Kier alpha value is -1.27. The van der Waals surface area contributed by atoms with Gasteiger partial charge in [-0.15, -0.1) is 0 Å². The molecule has 6 heteroatoms. The van der Waals surface area contributed by atoms with Crippen LogP contribution in [0.2, 0.25) is 0 Å². The van der Waals surface area contributed by atoms with Crippen LogP contribution >= 0.6 is 0 Å². The fourth-order valence-electron chi connectivity index (χ4n) is 2.26. The first-order valence-electron chi connectivity index (χ1n) is 7.13. The molecule has 0 saturated heterocycles. The molecule has 0 radical (unpaired) electrons. The molecule has 0 bridgehead atoms. The van der Waals surface area contributed by atoms with Crippen molar-refractivity contribution in [3.63, 3.8) is 0 Å². The van der Waals surface area contributed by atoms with Crippen LogP contribution in [0.3, 0.4) is 0 Å². The number of hydrogen-bond acceptors (Lipinski definition) is 5. The Bertz CT molecular complexity index is 543. The highest BCUT2D eigenvalue weighted by Crippen LogP contribution is 2.30. The van der Waals surface area contributed by atoms with Crippen molar-refractivity contribution in [1.82, 2.24) is 5.32 Å². The van der Waals surface area contributed by atoms with Gasteiger partial charge in [0.2, 0.25) is 0 Å². The lowest BCUT2D eigenvalue weighted by atomic mass is 10.1. The van der Waals surface area contributed by atoms with Gasteiger partial charge in [0.05, 0.1) is 20.0 Å². The summed E-state index contributed by atoms with van der Waals surface area (Å²) >= 11 is 0. The Morgan fingerprint density at radius 2 is 1.90 bits per heavy atom. The minimum Gasteiger partial charge on any atom is -0.497 e. The monoisotopic (exact) mass is 315 g/mol. The fourth-order valence-corrected chi connectivity index (χ4v) is 3.85. The molecule has 0 aliphatic rings. The van der Waals surface area contributed by atoms with Crippen LogP contribution in [0, 0.1) is 0 Å². The van der Waals surface area contributed by atoms with E-state index in [-0.39, 0.29) is 17.5 Å². The molecule has 0 amide bonds. The molecule has 0 spiro atoms. The molecule has 5 nitrogen and oxygen atoms in total. The Balaban J connectivity index is 3.10. The SMILES string of the molecule is CCCS(=O)(=O)CC(NCC)c1ccc(OC)cc1OC. The average Bonchev–Trinajstić information content (AvgIpc) is 2.45. The highest BCUT2D eigenvalue weighted by atomic mass is 32.2. The third-order valence-electron chi connectivity index (χ3n) is 3.20. The van der Waals surface area contributed by atoms with Crippen molar-refractivity contribution in [3.8, 4) is 11.5 Å². The van der Waals surface area contributed by atoms with Crippen molar-refractivity contribution in [2.75, 3.05) is 32.3 Å². The first-order chi connectivity index (χ1) is 9.97. The van der Waals surface area contributed by atoms with Crippen LogP contribution in [0.25, 0.3) is 0 Å². The van der Waals surface area contributed by atoms with Crippen LogP contribution in [-0.4, -0.2) is 40.7 Å². The zero-order chi connectivity index (χ0) is 15.9. The summed E-state index contributed by atoms with van der Waals surface area (Å²) in [5.74, 6) is 1.58. The molecule has 0 heterocycles. The summed E-state index contributed by atoms with van der Waals surface area (Å²) in [6.45, 7) is 4.50. The predicted molar refractivity (Wildman–Crippen MR) is 84.9 cm³/mol. The number of ether oxygens (including phenoxy) is 2. The Labute approximate surface area is 127 Å². The second-order valence-electron chi connectivity index (χ2n) is 4.83. The lowest BCUT2D eigenvalue weighted by Gasteiger charge is -2.21. The Morgan fingerprint density at radius 1 is 1.19 bits per heavy atom. The van der Waals surface area contributed by atoms with Crippen LogP contribution < -0.4 is 14.8 Å². The van der Waals surface area contributed by atoms with E-state index in [0.717, 1.165) is 5.56 Å². The Kier molecular flexibility index (Phi) is 6.98. The van der Waals surface area contributed by atoms with Gasteiger partial charge in [-0.1, -0.05) is 19.9 Å². The van der Waals surface area contributed by atoms with Crippen LogP contribution in [0.1, 0.15) is 31.9 Å². The molecular formula is C15H25NO4S. The molecule has 21 heavy (non-hydrogen) atoms. The molecule has 0 aliphatic heterocycles. The van der Waals surface area contributed by atoms with Gasteiger partial charge >= 0.3 is 0 Å². The quantitative estimate of drug-likeness (QED) is 0.756. The Morgan fingerprint density at radius 3 is 2.43 bits per heavy atom. The van der Waals surface area contributed by atoms with Gasteiger partial charge in [0.25, 0.3) is 0 Å². The van der Waals surface area contributed by atoms with E-state index in [1.807, 2.05) is 26.0 Å². The molecule has 1 aromatic rings. The summed E-state index contributed by atoms with van der Waals surface area (Å²) in [6.07, 6.45) is 0.626. The summed E-state index contributed by atoms with van der Waals surface area (Å²) in [4.78, 5) is 0. The maximum atomic E-state index is 12.1. The van der Waals surface area contributed by atoms with E-state index in [2.05, 4.69) is 5.32 Å². The number of sulfone groups is 1. The van der Waals surface area contributed by atoms with E-state index in [1.54, 1.807) is 20.3 Å². The molecule has 0 saturated carbocycles. The van der Waals surface area contributed by atoms with Gasteiger partial charge in [-0.2, -0.15) is 0 Å².